The maximum atomic E-state index is 10.0. The van der Waals surface area contributed by atoms with Crippen molar-refractivity contribution in [2.24, 2.45) is 4.99 Å². The normalized spacial score (nSPS) is 12.2. The summed E-state index contributed by atoms with van der Waals surface area (Å²) in [6.07, 6.45) is 1.11. The zero-order valence-corrected chi connectivity index (χ0v) is 14.6. The van der Waals surface area contributed by atoms with E-state index in [9.17, 15) is 5.11 Å². The van der Waals surface area contributed by atoms with Crippen LogP contribution in [0.4, 0.5) is 0 Å². The first-order valence-corrected chi connectivity index (χ1v) is 6.61. The Kier molecular flexibility index (Phi) is 10.5. The highest BCUT2D eigenvalue weighted by atomic mass is 127. The molecule has 1 atom stereocenters. The number of benzene rings is 1. The Morgan fingerprint density at radius 3 is 2.60 bits per heavy atom. The topological polar surface area (TPSA) is 56.7 Å². The van der Waals surface area contributed by atoms with Gasteiger partial charge in [0.25, 0.3) is 0 Å². The number of nitrogens with one attached hydrogen (secondary N) is 2. The molecule has 0 spiro atoms. The van der Waals surface area contributed by atoms with Crippen molar-refractivity contribution in [3.8, 4) is 0 Å². The first-order valence-electron chi connectivity index (χ1n) is 6.24. The molecule has 0 heterocycles. The Bertz CT molecular complexity index is 423. The molecule has 0 aliphatic heterocycles. The lowest BCUT2D eigenvalue weighted by Gasteiger charge is -2.12. The van der Waals surface area contributed by atoms with Crippen LogP contribution in [0.2, 0.25) is 5.02 Å². The molecule has 3 N–H and O–H groups in total. The van der Waals surface area contributed by atoms with Crippen molar-refractivity contribution in [2.45, 2.75) is 13.0 Å². The molecule has 0 aliphatic carbocycles. The fourth-order valence-electron chi connectivity index (χ4n) is 1.48. The molecule has 0 aromatic heterocycles. The van der Waals surface area contributed by atoms with E-state index in [1.54, 1.807) is 30.3 Å². The van der Waals surface area contributed by atoms with Crippen molar-refractivity contribution < 1.29 is 5.11 Å². The molecule has 0 radical (unpaired) electrons. The van der Waals surface area contributed by atoms with E-state index in [0.717, 1.165) is 12.1 Å². The van der Waals surface area contributed by atoms with Gasteiger partial charge in [-0.25, -0.2) is 0 Å². The molecule has 1 aromatic rings. The third-order valence-electron chi connectivity index (χ3n) is 2.44. The van der Waals surface area contributed by atoms with Gasteiger partial charge < -0.3 is 15.7 Å². The summed E-state index contributed by atoms with van der Waals surface area (Å²) in [5.74, 6) is 0.662. The first kappa shape index (κ1) is 19.2. The molecule has 6 heteroatoms. The van der Waals surface area contributed by atoms with Crippen molar-refractivity contribution in [1.29, 1.82) is 0 Å². The van der Waals surface area contributed by atoms with Crippen LogP contribution in [-0.4, -0.2) is 30.7 Å². The molecule has 4 nitrogen and oxygen atoms in total. The minimum Gasteiger partial charge on any atom is -0.386 e. The van der Waals surface area contributed by atoms with Gasteiger partial charge in [-0.2, -0.15) is 0 Å². The van der Waals surface area contributed by atoms with E-state index in [2.05, 4.69) is 22.2 Å². The van der Waals surface area contributed by atoms with Gasteiger partial charge in [0.2, 0.25) is 0 Å². The number of hydrogen-bond acceptors (Lipinski definition) is 2. The highest BCUT2D eigenvalue weighted by molar-refractivity contribution is 14.0. The summed E-state index contributed by atoms with van der Waals surface area (Å²) >= 11 is 5.80. The number of halogens is 2. The molecule has 0 saturated heterocycles. The molecule has 20 heavy (non-hydrogen) atoms. The summed E-state index contributed by atoms with van der Waals surface area (Å²) in [6, 6.07) is 7.11. The highest BCUT2D eigenvalue weighted by Gasteiger charge is 2.07. The average Bonchev–Trinajstić information content (AvgIpc) is 2.42. The zero-order valence-electron chi connectivity index (χ0n) is 11.5. The van der Waals surface area contributed by atoms with E-state index in [1.807, 2.05) is 6.92 Å². The number of aliphatic imine (C=N–C) groups is 1. The summed E-state index contributed by atoms with van der Waals surface area (Å²) in [6.45, 7) is 7.30. The molecule has 1 rings (SSSR count). The van der Waals surface area contributed by atoms with Gasteiger partial charge in [-0.1, -0.05) is 29.8 Å². The van der Waals surface area contributed by atoms with Crippen LogP contribution >= 0.6 is 35.6 Å². The molecule has 0 fully saturated rings. The van der Waals surface area contributed by atoms with Crippen LogP contribution < -0.4 is 10.6 Å². The van der Waals surface area contributed by atoms with Gasteiger partial charge in [-0.05, 0) is 24.6 Å². The Labute approximate surface area is 142 Å². The van der Waals surface area contributed by atoms with Crippen LogP contribution in [0.1, 0.15) is 18.6 Å². The van der Waals surface area contributed by atoms with E-state index in [-0.39, 0.29) is 30.5 Å². The molecule has 0 amide bonds. The van der Waals surface area contributed by atoms with E-state index in [1.165, 1.54) is 0 Å². The molecule has 0 bridgehead atoms. The van der Waals surface area contributed by atoms with Crippen LogP contribution in [0, 0.1) is 0 Å². The van der Waals surface area contributed by atoms with Crippen molar-refractivity contribution in [2.75, 3.05) is 19.6 Å². The lowest BCUT2D eigenvalue weighted by molar-refractivity contribution is 0.187. The van der Waals surface area contributed by atoms with Crippen LogP contribution in [0.25, 0.3) is 0 Å². The summed E-state index contributed by atoms with van der Waals surface area (Å²) in [7, 11) is 0. The molecule has 112 valence electrons. The highest BCUT2D eigenvalue weighted by Crippen LogP contribution is 2.16. The van der Waals surface area contributed by atoms with Crippen molar-refractivity contribution in [1.82, 2.24) is 10.6 Å². The number of aliphatic hydroxyl groups excluding tert-OH is 1. The maximum absolute atomic E-state index is 10.0. The Balaban J connectivity index is 0.00000361. The largest absolute Gasteiger partial charge is 0.386 e. The van der Waals surface area contributed by atoms with E-state index < -0.39 is 6.10 Å². The van der Waals surface area contributed by atoms with Gasteiger partial charge in [0, 0.05) is 18.1 Å². The Morgan fingerprint density at radius 1 is 1.40 bits per heavy atom. The summed E-state index contributed by atoms with van der Waals surface area (Å²) < 4.78 is 0. The summed E-state index contributed by atoms with van der Waals surface area (Å²) in [5, 5.41) is 16.8. The van der Waals surface area contributed by atoms with Crippen LogP contribution in [0.15, 0.2) is 41.9 Å². The van der Waals surface area contributed by atoms with Gasteiger partial charge in [0.1, 0.15) is 0 Å². The standard InChI is InChI=1S/C14H20ClN3O.HI/c1-3-9-17-14(16-4-2)18-10-13(19)11-5-7-12(15)8-6-11;/h3,5-8,13,19H,1,4,9-10H2,2H3,(H2,16,17,18);1H. The molecule has 0 aliphatic rings. The second kappa shape index (κ2) is 10.9. The van der Waals surface area contributed by atoms with Crippen molar-refractivity contribution >= 4 is 41.5 Å². The van der Waals surface area contributed by atoms with Crippen molar-refractivity contribution in [3.63, 3.8) is 0 Å². The van der Waals surface area contributed by atoms with Crippen LogP contribution in [0.3, 0.4) is 0 Å². The molecule has 1 aromatic carbocycles. The summed E-state index contributed by atoms with van der Waals surface area (Å²) in [5.41, 5.74) is 0.799. The van der Waals surface area contributed by atoms with E-state index >= 15 is 0 Å². The fourth-order valence-corrected chi connectivity index (χ4v) is 1.60. The fraction of sp³-hybridized carbons (Fsp3) is 0.357. The number of aliphatic hydroxyl groups is 1. The lowest BCUT2D eigenvalue weighted by Crippen LogP contribution is -2.37. The predicted molar refractivity (Wildman–Crippen MR) is 96.0 cm³/mol. The first-order chi connectivity index (χ1) is 9.17. The molecular weight excluding hydrogens is 389 g/mol. The third kappa shape index (κ3) is 7.12. The van der Waals surface area contributed by atoms with Gasteiger partial charge in [0.15, 0.2) is 5.96 Å². The smallest absolute Gasteiger partial charge is 0.191 e. The predicted octanol–water partition coefficient (Wildman–Crippen LogP) is 2.73. The van der Waals surface area contributed by atoms with E-state index in [4.69, 9.17) is 11.6 Å². The lowest BCUT2D eigenvalue weighted by atomic mass is 10.1. The third-order valence-corrected chi connectivity index (χ3v) is 2.69. The number of guanidine groups is 1. The van der Waals surface area contributed by atoms with E-state index in [0.29, 0.717) is 17.5 Å². The summed E-state index contributed by atoms with van der Waals surface area (Å²) in [4.78, 5) is 4.31. The maximum Gasteiger partial charge on any atom is 0.191 e. The second-order valence-corrected chi connectivity index (χ2v) is 4.39. The molecule has 0 saturated carbocycles. The van der Waals surface area contributed by atoms with Gasteiger partial charge in [-0.3, -0.25) is 4.99 Å². The molecule has 1 unspecified atom stereocenters. The minimum absolute atomic E-state index is 0. The second-order valence-electron chi connectivity index (χ2n) is 3.96. The number of nitrogens with zero attached hydrogens (tertiary/aromatic N) is 1. The number of hydrogen-bond donors (Lipinski definition) is 3. The van der Waals surface area contributed by atoms with Crippen LogP contribution in [-0.2, 0) is 0 Å². The van der Waals surface area contributed by atoms with Gasteiger partial charge >= 0.3 is 0 Å². The zero-order chi connectivity index (χ0) is 14.1. The number of rotatable bonds is 6. The van der Waals surface area contributed by atoms with Gasteiger partial charge in [-0.15, -0.1) is 30.6 Å². The van der Waals surface area contributed by atoms with Gasteiger partial charge in [0.05, 0.1) is 12.6 Å². The Morgan fingerprint density at radius 2 is 2.05 bits per heavy atom. The SMILES string of the molecule is C=CCNC(=NCC(O)c1ccc(Cl)cc1)NCC.I. The average molecular weight is 410 g/mol. The van der Waals surface area contributed by atoms with Crippen molar-refractivity contribution in [3.05, 3.63) is 47.5 Å². The quantitative estimate of drug-likeness (QED) is 0.293. The Hall–Kier alpha value is -0.790. The minimum atomic E-state index is -0.642. The van der Waals surface area contributed by atoms with Crippen LogP contribution in [0.5, 0.6) is 0 Å². The molecular formula is C14H21ClIN3O. The monoisotopic (exact) mass is 409 g/mol.